The van der Waals surface area contributed by atoms with E-state index in [-0.39, 0.29) is 24.2 Å². The minimum Gasteiger partial charge on any atom is -0.374 e. The Bertz CT molecular complexity index is 938. The fourth-order valence-corrected chi connectivity index (χ4v) is 4.35. The van der Waals surface area contributed by atoms with Gasteiger partial charge in [0.25, 0.3) is 0 Å². The lowest BCUT2D eigenvalue weighted by atomic mass is 9.89. The zero-order chi connectivity index (χ0) is 23.4. The maximum absolute atomic E-state index is 6.51. The molecule has 0 unspecified atom stereocenters. The first kappa shape index (κ1) is 24.6. The maximum Gasteiger partial charge on any atom is 0.113 e. The summed E-state index contributed by atoms with van der Waals surface area (Å²) in [5, 5.41) is 0. The normalized spacial score (nSPS) is 22.5. The summed E-state index contributed by atoms with van der Waals surface area (Å²) in [6.45, 7) is 3.16. The van der Waals surface area contributed by atoms with E-state index in [1.165, 1.54) is 0 Å². The fourth-order valence-electron chi connectivity index (χ4n) is 4.35. The first-order valence-electron chi connectivity index (χ1n) is 12.1. The van der Waals surface area contributed by atoms with Gasteiger partial charge in [0, 0.05) is 5.92 Å². The van der Waals surface area contributed by atoms with Gasteiger partial charge in [0.1, 0.15) is 12.2 Å². The number of hydrogen-bond donors (Lipinski definition) is 1. The van der Waals surface area contributed by atoms with Crippen LogP contribution in [0, 0.1) is 5.92 Å². The summed E-state index contributed by atoms with van der Waals surface area (Å²) in [6.07, 6.45) is 0.209. The third kappa shape index (κ3) is 7.23. The van der Waals surface area contributed by atoms with Crippen LogP contribution in [0.2, 0.25) is 0 Å². The molecule has 5 heteroatoms. The van der Waals surface area contributed by atoms with Crippen LogP contribution in [0.3, 0.4) is 0 Å². The predicted octanol–water partition coefficient (Wildman–Crippen LogP) is 4.74. The summed E-state index contributed by atoms with van der Waals surface area (Å²) in [6, 6.07) is 30.6. The molecule has 1 aliphatic heterocycles. The van der Waals surface area contributed by atoms with Crippen molar-refractivity contribution in [2.24, 2.45) is 11.7 Å². The van der Waals surface area contributed by atoms with E-state index in [1.54, 1.807) is 0 Å². The van der Waals surface area contributed by atoms with Crippen LogP contribution in [0.5, 0.6) is 0 Å². The molecule has 0 aliphatic carbocycles. The molecule has 0 aromatic heterocycles. The zero-order valence-electron chi connectivity index (χ0n) is 19.6. The second-order valence-corrected chi connectivity index (χ2v) is 8.73. The smallest absolute Gasteiger partial charge is 0.113 e. The fraction of sp³-hybridized carbons (Fsp3) is 0.379. The molecular weight excluding hydrogens is 426 g/mol. The van der Waals surface area contributed by atoms with Crippen LogP contribution in [0.25, 0.3) is 0 Å². The van der Waals surface area contributed by atoms with Gasteiger partial charge in [0.2, 0.25) is 0 Å². The van der Waals surface area contributed by atoms with Gasteiger partial charge in [-0.25, -0.2) is 0 Å². The van der Waals surface area contributed by atoms with Crippen LogP contribution in [-0.2, 0) is 38.8 Å². The molecule has 1 fully saturated rings. The van der Waals surface area contributed by atoms with E-state index >= 15 is 0 Å². The van der Waals surface area contributed by atoms with Crippen LogP contribution >= 0.6 is 0 Å². The van der Waals surface area contributed by atoms with Crippen molar-refractivity contribution in [3.8, 4) is 0 Å². The van der Waals surface area contributed by atoms with E-state index in [2.05, 4.69) is 36.4 Å². The summed E-state index contributed by atoms with van der Waals surface area (Å²) in [5.74, 6) is 0.167. The average molecular weight is 462 g/mol. The minimum absolute atomic E-state index is 0.133. The number of rotatable bonds is 12. The quantitative estimate of drug-likeness (QED) is 0.422. The van der Waals surface area contributed by atoms with Crippen LogP contribution in [0.4, 0.5) is 0 Å². The molecule has 34 heavy (non-hydrogen) atoms. The van der Waals surface area contributed by atoms with Gasteiger partial charge in [-0.15, -0.1) is 0 Å². The van der Waals surface area contributed by atoms with Crippen molar-refractivity contribution in [1.82, 2.24) is 0 Å². The lowest BCUT2D eigenvalue weighted by Crippen LogP contribution is -2.54. The molecule has 1 heterocycles. The van der Waals surface area contributed by atoms with Crippen molar-refractivity contribution in [2.45, 2.75) is 44.6 Å². The summed E-state index contributed by atoms with van der Waals surface area (Å²) < 4.78 is 25.3. The van der Waals surface area contributed by atoms with Crippen LogP contribution < -0.4 is 5.73 Å². The second-order valence-electron chi connectivity index (χ2n) is 8.73. The molecule has 4 atom stereocenters. The molecule has 0 radical (unpaired) electrons. The number of hydrogen-bond acceptors (Lipinski definition) is 5. The molecule has 1 saturated heterocycles. The molecule has 0 bridgehead atoms. The molecular formula is C29H35NO4. The number of benzene rings is 3. The van der Waals surface area contributed by atoms with Gasteiger partial charge in [0.15, 0.2) is 0 Å². The molecule has 180 valence electrons. The highest BCUT2D eigenvalue weighted by molar-refractivity contribution is 5.15. The molecule has 0 amide bonds. The van der Waals surface area contributed by atoms with E-state index in [0.717, 1.165) is 23.1 Å². The van der Waals surface area contributed by atoms with E-state index in [4.69, 9.17) is 24.7 Å². The second kappa shape index (κ2) is 13.4. The maximum atomic E-state index is 6.51. The Morgan fingerprint density at radius 1 is 0.676 bits per heavy atom. The van der Waals surface area contributed by atoms with Crippen LogP contribution in [0.15, 0.2) is 91.0 Å². The van der Waals surface area contributed by atoms with Gasteiger partial charge in [-0.3, -0.25) is 0 Å². The monoisotopic (exact) mass is 461 g/mol. The predicted molar refractivity (Wildman–Crippen MR) is 133 cm³/mol. The molecule has 3 aromatic rings. The standard InChI is InChI=1S/C29H35NO4/c30-17-16-26-21-32-27(22-31-18-23-10-4-1-5-11-23)29(34-20-25-14-8-3-9-15-25)28(26)33-19-24-12-6-2-7-13-24/h1-15,26-29H,16-22,30H2/t26-,27-,28-,29+/m1/s1. The van der Waals surface area contributed by atoms with Gasteiger partial charge in [-0.05, 0) is 29.7 Å². The van der Waals surface area contributed by atoms with E-state index in [0.29, 0.717) is 39.6 Å². The topological polar surface area (TPSA) is 62.9 Å². The van der Waals surface area contributed by atoms with Crippen molar-refractivity contribution in [2.75, 3.05) is 19.8 Å². The SMILES string of the molecule is NCC[C@@H]1CO[C@H](COCc2ccccc2)[C@H](OCc2ccccc2)[C@@H]1OCc1ccccc1. The zero-order valence-corrected chi connectivity index (χ0v) is 19.6. The minimum atomic E-state index is -0.259. The Hall–Kier alpha value is -2.54. The molecule has 0 saturated carbocycles. The van der Waals surface area contributed by atoms with Crippen LogP contribution in [0.1, 0.15) is 23.1 Å². The van der Waals surface area contributed by atoms with Gasteiger partial charge >= 0.3 is 0 Å². The van der Waals surface area contributed by atoms with Gasteiger partial charge in [0.05, 0.1) is 39.1 Å². The third-order valence-corrected chi connectivity index (χ3v) is 6.18. The molecule has 4 rings (SSSR count). The molecule has 5 nitrogen and oxygen atoms in total. The Balaban J connectivity index is 1.47. The third-order valence-electron chi connectivity index (χ3n) is 6.18. The summed E-state index contributed by atoms with van der Waals surface area (Å²) in [5.41, 5.74) is 9.34. The van der Waals surface area contributed by atoms with Crippen LogP contribution in [-0.4, -0.2) is 38.1 Å². The molecule has 2 N–H and O–H groups in total. The van der Waals surface area contributed by atoms with Crippen molar-refractivity contribution < 1.29 is 18.9 Å². The lowest BCUT2D eigenvalue weighted by molar-refractivity contribution is -0.220. The molecule has 1 aliphatic rings. The average Bonchev–Trinajstić information content (AvgIpc) is 2.89. The van der Waals surface area contributed by atoms with Gasteiger partial charge in [-0.1, -0.05) is 91.0 Å². The largest absolute Gasteiger partial charge is 0.374 e. The first-order valence-corrected chi connectivity index (χ1v) is 12.1. The Morgan fingerprint density at radius 3 is 1.71 bits per heavy atom. The summed E-state index contributed by atoms with van der Waals surface area (Å²) >= 11 is 0. The van der Waals surface area contributed by atoms with Crippen molar-refractivity contribution >= 4 is 0 Å². The number of nitrogens with two attached hydrogens (primary N) is 1. The van der Waals surface area contributed by atoms with E-state index in [1.807, 2.05) is 54.6 Å². The Kier molecular flexibility index (Phi) is 9.67. The van der Waals surface area contributed by atoms with E-state index < -0.39 is 0 Å². The van der Waals surface area contributed by atoms with Gasteiger partial charge < -0.3 is 24.7 Å². The van der Waals surface area contributed by atoms with Crippen molar-refractivity contribution in [3.05, 3.63) is 108 Å². The summed E-state index contributed by atoms with van der Waals surface area (Å²) in [4.78, 5) is 0. The Labute approximate surface area is 202 Å². The lowest BCUT2D eigenvalue weighted by Gasteiger charge is -2.42. The van der Waals surface area contributed by atoms with E-state index in [9.17, 15) is 0 Å². The van der Waals surface area contributed by atoms with Crippen molar-refractivity contribution in [1.29, 1.82) is 0 Å². The summed E-state index contributed by atoms with van der Waals surface area (Å²) in [7, 11) is 0. The van der Waals surface area contributed by atoms with Crippen molar-refractivity contribution in [3.63, 3.8) is 0 Å². The molecule has 0 spiro atoms. The highest BCUT2D eigenvalue weighted by Crippen LogP contribution is 2.30. The highest BCUT2D eigenvalue weighted by atomic mass is 16.6. The van der Waals surface area contributed by atoms with Gasteiger partial charge in [-0.2, -0.15) is 0 Å². The first-order chi connectivity index (χ1) is 16.8. The highest BCUT2D eigenvalue weighted by Gasteiger charge is 2.42. The molecule has 3 aromatic carbocycles. The number of ether oxygens (including phenoxy) is 4. The Morgan fingerprint density at radius 2 is 1.18 bits per heavy atom.